The third-order valence-electron chi connectivity index (χ3n) is 4.72. The van der Waals surface area contributed by atoms with E-state index in [4.69, 9.17) is 4.42 Å². The van der Waals surface area contributed by atoms with Gasteiger partial charge in [0, 0.05) is 0 Å². The Morgan fingerprint density at radius 2 is 1.82 bits per heavy atom. The van der Waals surface area contributed by atoms with E-state index in [2.05, 4.69) is 6.58 Å². The lowest BCUT2D eigenvalue weighted by atomic mass is 9.89. The van der Waals surface area contributed by atoms with Crippen LogP contribution >= 0.6 is 0 Å². The Kier molecular flexibility index (Phi) is 8.45. The molecule has 0 amide bonds. The van der Waals surface area contributed by atoms with Crippen molar-refractivity contribution >= 4 is 11.6 Å². The second-order valence-electron chi connectivity index (χ2n) is 7.07. The summed E-state index contributed by atoms with van der Waals surface area (Å²) in [5.41, 5.74) is 3.61. The lowest BCUT2D eigenvalue weighted by Gasteiger charge is -2.20. The van der Waals surface area contributed by atoms with Crippen LogP contribution in [0.2, 0.25) is 0 Å². The molecule has 1 atom stereocenters. The molecule has 4 nitrogen and oxygen atoms in total. The minimum atomic E-state index is -0.709. The molecular weight excluding hydrogens is 352 g/mol. The molecule has 1 unspecified atom stereocenters. The van der Waals surface area contributed by atoms with Gasteiger partial charge >= 0.3 is 0 Å². The van der Waals surface area contributed by atoms with Crippen LogP contribution in [0.3, 0.4) is 0 Å². The molecule has 0 spiro atoms. The summed E-state index contributed by atoms with van der Waals surface area (Å²) in [7, 11) is 0. The summed E-state index contributed by atoms with van der Waals surface area (Å²) in [6.07, 6.45) is 3.98. The number of aliphatic hydroxyl groups excluding tert-OH is 3. The van der Waals surface area contributed by atoms with Crippen LogP contribution in [0.15, 0.2) is 70.7 Å². The zero-order valence-electron chi connectivity index (χ0n) is 16.6. The molecule has 0 fully saturated rings. The van der Waals surface area contributed by atoms with Crippen molar-refractivity contribution in [3.63, 3.8) is 0 Å². The van der Waals surface area contributed by atoms with E-state index in [1.165, 1.54) is 0 Å². The van der Waals surface area contributed by atoms with Gasteiger partial charge in [-0.25, -0.2) is 0 Å². The predicted octanol–water partition coefficient (Wildman–Crippen LogP) is 4.58. The van der Waals surface area contributed by atoms with Gasteiger partial charge in [-0.15, -0.1) is 0 Å². The number of furan rings is 1. The number of rotatable bonds is 10. The molecule has 0 aliphatic carbocycles. The minimum absolute atomic E-state index is 0.129. The first kappa shape index (κ1) is 21.9. The van der Waals surface area contributed by atoms with E-state index in [9.17, 15) is 15.3 Å². The van der Waals surface area contributed by atoms with Crippen molar-refractivity contribution in [2.45, 2.75) is 39.4 Å². The molecule has 2 aromatic rings. The van der Waals surface area contributed by atoms with Gasteiger partial charge < -0.3 is 19.7 Å². The topological polar surface area (TPSA) is 73.8 Å². The summed E-state index contributed by atoms with van der Waals surface area (Å²) in [6, 6.07) is 13.5. The fourth-order valence-corrected chi connectivity index (χ4v) is 3.04. The van der Waals surface area contributed by atoms with Crippen molar-refractivity contribution in [1.29, 1.82) is 0 Å². The molecule has 0 aliphatic rings. The lowest BCUT2D eigenvalue weighted by molar-refractivity contribution is 0.201. The van der Waals surface area contributed by atoms with Gasteiger partial charge in [0.1, 0.15) is 18.1 Å². The quantitative estimate of drug-likeness (QED) is 0.526. The van der Waals surface area contributed by atoms with Crippen LogP contribution in [0.5, 0.6) is 0 Å². The molecule has 1 heterocycles. The van der Waals surface area contributed by atoms with Crippen LogP contribution in [-0.4, -0.2) is 28.0 Å². The third kappa shape index (κ3) is 6.06. The maximum Gasteiger partial charge on any atom is 0.130 e. The van der Waals surface area contributed by atoms with E-state index in [-0.39, 0.29) is 19.1 Å². The van der Waals surface area contributed by atoms with Gasteiger partial charge in [-0.2, -0.15) is 0 Å². The number of hydrogen-bond donors (Lipinski definition) is 3. The fraction of sp³-hybridized carbons (Fsp3) is 0.333. The van der Waals surface area contributed by atoms with Crippen LogP contribution < -0.4 is 0 Å². The molecule has 0 aliphatic heterocycles. The number of aliphatic hydroxyl groups is 3. The molecule has 0 saturated heterocycles. The van der Waals surface area contributed by atoms with Crippen LogP contribution in [0, 0.1) is 5.92 Å². The Labute approximate surface area is 167 Å². The largest absolute Gasteiger partial charge is 0.459 e. The van der Waals surface area contributed by atoms with E-state index in [1.807, 2.05) is 56.3 Å². The summed E-state index contributed by atoms with van der Waals surface area (Å²) in [5, 5.41) is 29.3. The molecule has 4 heteroatoms. The highest BCUT2D eigenvalue weighted by molar-refractivity contribution is 5.80. The molecule has 1 aromatic carbocycles. The van der Waals surface area contributed by atoms with Crippen molar-refractivity contribution in [2.75, 3.05) is 6.61 Å². The fourth-order valence-electron chi connectivity index (χ4n) is 3.04. The monoisotopic (exact) mass is 382 g/mol. The first-order valence-corrected chi connectivity index (χ1v) is 9.60. The highest BCUT2D eigenvalue weighted by Gasteiger charge is 2.17. The zero-order valence-corrected chi connectivity index (χ0v) is 16.6. The Hall–Kier alpha value is -2.40. The average Bonchev–Trinajstić information content (AvgIpc) is 3.16. The highest BCUT2D eigenvalue weighted by Crippen LogP contribution is 2.28. The molecule has 1 aromatic heterocycles. The van der Waals surface area contributed by atoms with E-state index in [1.54, 1.807) is 12.1 Å². The van der Waals surface area contributed by atoms with Gasteiger partial charge in [-0.05, 0) is 59.3 Å². The normalized spacial score (nSPS) is 13.8. The van der Waals surface area contributed by atoms with E-state index >= 15 is 0 Å². The zero-order chi connectivity index (χ0) is 20.5. The average molecular weight is 383 g/mol. The first-order chi connectivity index (χ1) is 13.5. The number of benzene rings is 1. The van der Waals surface area contributed by atoms with E-state index in [0.29, 0.717) is 29.9 Å². The summed E-state index contributed by atoms with van der Waals surface area (Å²) < 4.78 is 5.60. The third-order valence-corrected chi connectivity index (χ3v) is 4.72. The Morgan fingerprint density at radius 1 is 1.11 bits per heavy atom. The maximum absolute atomic E-state index is 10.7. The Morgan fingerprint density at radius 3 is 2.39 bits per heavy atom. The van der Waals surface area contributed by atoms with Gasteiger partial charge in [0.15, 0.2) is 0 Å². The minimum Gasteiger partial charge on any atom is -0.459 e. The Bertz CT molecular complexity index is 812. The van der Waals surface area contributed by atoms with Gasteiger partial charge in [0.05, 0.1) is 12.7 Å². The second-order valence-corrected chi connectivity index (χ2v) is 7.07. The summed E-state index contributed by atoms with van der Waals surface area (Å²) in [4.78, 5) is 0. The van der Waals surface area contributed by atoms with Crippen molar-refractivity contribution < 1.29 is 19.7 Å². The molecule has 0 bridgehead atoms. The lowest BCUT2D eigenvalue weighted by Crippen LogP contribution is -2.15. The van der Waals surface area contributed by atoms with Gasteiger partial charge in [-0.1, -0.05) is 56.8 Å². The summed E-state index contributed by atoms with van der Waals surface area (Å²) >= 11 is 0. The van der Waals surface area contributed by atoms with Crippen molar-refractivity contribution in [1.82, 2.24) is 0 Å². The van der Waals surface area contributed by atoms with Gasteiger partial charge in [0.25, 0.3) is 0 Å². The van der Waals surface area contributed by atoms with Gasteiger partial charge in [0.2, 0.25) is 0 Å². The summed E-state index contributed by atoms with van der Waals surface area (Å²) in [6.45, 7) is 7.84. The maximum atomic E-state index is 10.7. The number of hydrogen-bond acceptors (Lipinski definition) is 4. The molecule has 28 heavy (non-hydrogen) atoms. The van der Waals surface area contributed by atoms with Crippen molar-refractivity contribution in [3.05, 3.63) is 83.3 Å². The molecule has 0 saturated carbocycles. The molecule has 150 valence electrons. The SMILES string of the molecule is C=C(/C(=C/CO)C(O)CC/C(=C/c1ccc(CO)o1)c1ccccc1)C(C)C. The molecule has 0 radical (unpaired) electrons. The van der Waals surface area contributed by atoms with E-state index < -0.39 is 6.10 Å². The Balaban J connectivity index is 2.23. The van der Waals surface area contributed by atoms with E-state index in [0.717, 1.165) is 16.7 Å². The standard InChI is InChI=1S/C24H30O4/c1-17(2)18(3)23(13-14-25)24(27)12-9-20(19-7-5-4-6-8-19)15-21-10-11-22(16-26)28-21/h4-8,10-11,13,15,17,24-27H,3,9,12,14,16H2,1-2H3/b20-15-,23-13-. The van der Waals surface area contributed by atoms with Crippen molar-refractivity contribution in [2.24, 2.45) is 5.92 Å². The first-order valence-electron chi connectivity index (χ1n) is 9.60. The van der Waals surface area contributed by atoms with Crippen LogP contribution in [0.4, 0.5) is 0 Å². The smallest absolute Gasteiger partial charge is 0.130 e. The molecule has 3 N–H and O–H groups in total. The van der Waals surface area contributed by atoms with Crippen molar-refractivity contribution in [3.8, 4) is 0 Å². The molecular formula is C24H30O4. The van der Waals surface area contributed by atoms with Crippen LogP contribution in [0.1, 0.15) is 43.8 Å². The molecule has 2 rings (SSSR count). The van der Waals surface area contributed by atoms with Crippen LogP contribution in [-0.2, 0) is 6.61 Å². The highest BCUT2D eigenvalue weighted by atomic mass is 16.4. The summed E-state index contributed by atoms with van der Waals surface area (Å²) in [5.74, 6) is 1.37. The van der Waals surface area contributed by atoms with Gasteiger partial charge in [-0.3, -0.25) is 0 Å². The number of allylic oxidation sites excluding steroid dienone is 1. The predicted molar refractivity (Wildman–Crippen MR) is 113 cm³/mol. The van der Waals surface area contributed by atoms with Crippen LogP contribution in [0.25, 0.3) is 11.6 Å². The second kappa shape index (κ2) is 10.8.